The number of carbonyl (C=O) groups is 1. The van der Waals surface area contributed by atoms with Gasteiger partial charge in [0.25, 0.3) is 0 Å². The molecule has 0 radical (unpaired) electrons. The molecule has 1 aliphatic carbocycles. The van der Waals surface area contributed by atoms with Gasteiger partial charge in [-0.25, -0.2) is 4.79 Å². The number of hydrogen-bond acceptors (Lipinski definition) is 5. The average molecular weight is 383 g/mol. The maximum Gasteiger partial charge on any atom is 0.349 e. The molecule has 4 nitrogen and oxygen atoms in total. The molecule has 0 unspecified atom stereocenters. The minimum atomic E-state index is -0.214. The van der Waals surface area contributed by atoms with E-state index in [1.807, 2.05) is 47.8 Å². The molecule has 3 aromatic rings. The molecule has 4 rings (SSSR count). The fourth-order valence-corrected chi connectivity index (χ4v) is 4.93. The second-order valence-electron chi connectivity index (χ2n) is 6.22. The Bertz CT molecular complexity index is 979. The van der Waals surface area contributed by atoms with Crippen LogP contribution in [-0.4, -0.2) is 21.1 Å². The molecule has 0 amide bonds. The Kier molecular flexibility index (Phi) is 5.04. The molecular formula is C20H18N2O2S2. The van der Waals surface area contributed by atoms with Crippen molar-refractivity contribution >= 4 is 28.9 Å². The van der Waals surface area contributed by atoms with Crippen molar-refractivity contribution in [2.45, 2.75) is 30.8 Å². The van der Waals surface area contributed by atoms with Gasteiger partial charge in [-0.2, -0.15) is 4.98 Å². The summed E-state index contributed by atoms with van der Waals surface area (Å²) in [6.07, 6.45) is 2.86. The molecular weight excluding hydrogens is 364 g/mol. The van der Waals surface area contributed by atoms with Gasteiger partial charge >= 0.3 is 5.69 Å². The molecule has 6 heteroatoms. The van der Waals surface area contributed by atoms with Crippen molar-refractivity contribution < 1.29 is 4.79 Å². The molecule has 1 aliphatic rings. The number of ketones is 1. The van der Waals surface area contributed by atoms with Crippen molar-refractivity contribution in [2.75, 3.05) is 5.75 Å². The highest BCUT2D eigenvalue weighted by Gasteiger charge is 2.22. The van der Waals surface area contributed by atoms with Crippen molar-refractivity contribution in [1.82, 2.24) is 9.55 Å². The van der Waals surface area contributed by atoms with E-state index in [0.717, 1.165) is 40.4 Å². The van der Waals surface area contributed by atoms with E-state index < -0.39 is 0 Å². The molecule has 0 atom stereocenters. The molecule has 0 saturated carbocycles. The number of rotatable bonds is 6. The highest BCUT2D eigenvalue weighted by Crippen LogP contribution is 2.30. The zero-order chi connectivity index (χ0) is 17.9. The van der Waals surface area contributed by atoms with Crippen LogP contribution in [0.5, 0.6) is 0 Å². The van der Waals surface area contributed by atoms with Gasteiger partial charge in [0.15, 0.2) is 5.78 Å². The first-order chi connectivity index (χ1) is 12.7. The van der Waals surface area contributed by atoms with Gasteiger partial charge in [0.2, 0.25) is 0 Å². The number of thiophene rings is 1. The molecule has 1 aromatic carbocycles. The summed E-state index contributed by atoms with van der Waals surface area (Å²) in [4.78, 5) is 30.4. The lowest BCUT2D eigenvalue weighted by Gasteiger charge is -2.13. The summed E-state index contributed by atoms with van der Waals surface area (Å²) in [5, 5.41) is 2.75. The van der Waals surface area contributed by atoms with Gasteiger partial charge in [0.1, 0.15) is 5.03 Å². The summed E-state index contributed by atoms with van der Waals surface area (Å²) in [7, 11) is 0. The monoisotopic (exact) mass is 382 g/mol. The minimum Gasteiger partial charge on any atom is -0.293 e. The third-order valence-corrected chi connectivity index (χ3v) is 6.41. The number of thioether (sulfide) groups is 1. The Morgan fingerprint density at radius 1 is 1.15 bits per heavy atom. The number of benzene rings is 1. The van der Waals surface area contributed by atoms with Crippen LogP contribution in [0.3, 0.4) is 0 Å². The van der Waals surface area contributed by atoms with Crippen molar-refractivity contribution in [3.8, 4) is 0 Å². The summed E-state index contributed by atoms with van der Waals surface area (Å²) in [5.41, 5.74) is 2.72. The molecule has 132 valence electrons. The first-order valence-electron chi connectivity index (χ1n) is 8.58. The summed E-state index contributed by atoms with van der Waals surface area (Å²) in [5.74, 6) is 0.365. The number of fused-ring (bicyclic) bond motifs is 1. The van der Waals surface area contributed by atoms with Crippen molar-refractivity contribution in [3.05, 3.63) is 80.0 Å². The quantitative estimate of drug-likeness (QED) is 0.369. The van der Waals surface area contributed by atoms with Gasteiger partial charge in [-0.3, -0.25) is 9.36 Å². The summed E-state index contributed by atoms with van der Waals surface area (Å²) in [6.45, 7) is 0.583. The first kappa shape index (κ1) is 17.2. The molecule has 2 aromatic heterocycles. The second-order valence-corrected chi connectivity index (χ2v) is 8.22. The van der Waals surface area contributed by atoms with Crippen LogP contribution in [0, 0.1) is 0 Å². The van der Waals surface area contributed by atoms with Crippen LogP contribution in [0.1, 0.15) is 32.9 Å². The number of Topliss-reactive ketones (excluding diaryl/α,β-unsaturated/α-hetero) is 1. The van der Waals surface area contributed by atoms with E-state index >= 15 is 0 Å². The molecule has 0 bridgehead atoms. The van der Waals surface area contributed by atoms with Crippen molar-refractivity contribution in [1.29, 1.82) is 0 Å². The number of aromatic nitrogens is 2. The molecule has 26 heavy (non-hydrogen) atoms. The maximum absolute atomic E-state index is 12.6. The van der Waals surface area contributed by atoms with Crippen LogP contribution in [0.15, 0.2) is 57.7 Å². The van der Waals surface area contributed by atoms with Gasteiger partial charge in [-0.1, -0.05) is 48.2 Å². The zero-order valence-corrected chi connectivity index (χ0v) is 15.8. The van der Waals surface area contributed by atoms with Crippen LogP contribution >= 0.6 is 23.1 Å². The van der Waals surface area contributed by atoms with E-state index in [2.05, 4.69) is 4.98 Å². The highest BCUT2D eigenvalue weighted by atomic mass is 32.2. The van der Waals surface area contributed by atoms with Gasteiger partial charge in [-0.05, 0) is 30.7 Å². The van der Waals surface area contributed by atoms with E-state index in [-0.39, 0.29) is 11.5 Å². The third-order valence-electron chi connectivity index (χ3n) is 4.53. The Morgan fingerprint density at radius 3 is 2.77 bits per heavy atom. The number of nitrogens with zero attached hydrogens (tertiary/aromatic N) is 2. The molecule has 2 heterocycles. The van der Waals surface area contributed by atoms with Gasteiger partial charge < -0.3 is 0 Å². The SMILES string of the molecule is O=C(CSc1nc(=O)n(Cc2cccs2)c2c1CCC2)c1ccccc1. The summed E-state index contributed by atoms with van der Waals surface area (Å²) >= 11 is 3.04. The fourth-order valence-electron chi connectivity index (χ4n) is 3.27. The van der Waals surface area contributed by atoms with Crippen LogP contribution in [0.25, 0.3) is 0 Å². The third kappa shape index (κ3) is 3.52. The fraction of sp³-hybridized carbons (Fsp3) is 0.250. The van der Waals surface area contributed by atoms with Crippen LogP contribution in [0.2, 0.25) is 0 Å². The highest BCUT2D eigenvalue weighted by molar-refractivity contribution is 8.00. The van der Waals surface area contributed by atoms with Crippen LogP contribution in [-0.2, 0) is 19.4 Å². The molecule has 0 N–H and O–H groups in total. The van der Waals surface area contributed by atoms with E-state index in [4.69, 9.17) is 0 Å². The second kappa shape index (κ2) is 7.60. The summed E-state index contributed by atoms with van der Waals surface area (Å²) < 4.78 is 1.80. The van der Waals surface area contributed by atoms with Crippen molar-refractivity contribution in [3.63, 3.8) is 0 Å². The van der Waals surface area contributed by atoms with E-state index in [0.29, 0.717) is 17.9 Å². The maximum atomic E-state index is 12.6. The van der Waals surface area contributed by atoms with Gasteiger partial charge in [0.05, 0.1) is 12.3 Å². The Morgan fingerprint density at radius 2 is 2.00 bits per heavy atom. The van der Waals surface area contributed by atoms with Crippen LogP contribution < -0.4 is 5.69 Å². The van der Waals surface area contributed by atoms with E-state index in [9.17, 15) is 9.59 Å². The predicted molar refractivity (Wildman–Crippen MR) is 105 cm³/mol. The lowest BCUT2D eigenvalue weighted by Crippen LogP contribution is -2.27. The van der Waals surface area contributed by atoms with Gasteiger partial charge in [-0.15, -0.1) is 11.3 Å². The largest absolute Gasteiger partial charge is 0.349 e. The Balaban J connectivity index is 1.58. The summed E-state index contributed by atoms with van der Waals surface area (Å²) in [6, 6.07) is 13.3. The lowest BCUT2D eigenvalue weighted by molar-refractivity contribution is 0.102. The Hall–Kier alpha value is -2.18. The number of carbonyl (C=O) groups excluding carboxylic acids is 1. The predicted octanol–water partition coefficient (Wildman–Crippen LogP) is 3.82. The van der Waals surface area contributed by atoms with E-state index in [1.54, 1.807) is 15.9 Å². The molecule has 0 fully saturated rings. The molecule has 0 saturated heterocycles. The first-order valence-corrected chi connectivity index (χ1v) is 10.4. The number of hydrogen-bond donors (Lipinski definition) is 0. The molecule has 0 aliphatic heterocycles. The van der Waals surface area contributed by atoms with Crippen LogP contribution in [0.4, 0.5) is 0 Å². The normalized spacial score (nSPS) is 12.9. The standard InChI is InChI=1S/C20H18N2O2S2/c23-18(14-6-2-1-3-7-14)13-26-19-16-9-4-10-17(16)22(20(24)21-19)12-15-8-5-11-25-15/h1-3,5-8,11H,4,9-10,12-13H2. The smallest absolute Gasteiger partial charge is 0.293 e. The topological polar surface area (TPSA) is 52.0 Å². The minimum absolute atomic E-state index is 0.0620. The van der Waals surface area contributed by atoms with Crippen molar-refractivity contribution in [2.24, 2.45) is 0 Å². The zero-order valence-electron chi connectivity index (χ0n) is 14.2. The molecule has 0 spiro atoms. The Labute approximate surface area is 159 Å². The average Bonchev–Trinajstić information content (AvgIpc) is 3.34. The van der Waals surface area contributed by atoms with E-state index in [1.165, 1.54) is 11.8 Å². The lowest BCUT2D eigenvalue weighted by atomic mass is 10.2. The van der Waals surface area contributed by atoms with Gasteiger partial charge in [0, 0.05) is 21.7 Å².